The molecule has 28 nitrogen and oxygen atoms in total. The van der Waals surface area contributed by atoms with Crippen molar-refractivity contribution >= 4 is 111 Å². The average molecular weight is 1640 g/mol. The summed E-state index contributed by atoms with van der Waals surface area (Å²) in [5, 5.41) is 16.6. The first-order chi connectivity index (χ1) is 61.1. The minimum absolute atomic E-state index is 0.0937. The Bertz CT molecular complexity index is 7580. The lowest BCUT2D eigenvalue weighted by Crippen LogP contribution is -2.24. The summed E-state index contributed by atoms with van der Waals surface area (Å²) in [5.74, 6) is 3.87. The van der Waals surface area contributed by atoms with E-state index in [-0.39, 0.29) is 23.3 Å². The SMILES string of the molecule is CCNC(=O)c1coc2cc(Oc3ccnc4cc(-c5cn(C)cn5)ccc34)ccc12.CNC(=O)c1coc2cc(Oc3ccnc4cc(-c5cn(C)cn5)ccc34)ccc12.Cn1cnc(-c2ccc3c(Oc4ccc5c(C(=O)NC6CC6)coc5c4)ccnc3c2)c1.[2H]C([2H])([2H])NC(=O)c1coc2cc(Oc3ccnc4cc(-c5cn(C)cn5)ccc34)ccc12. The van der Waals surface area contributed by atoms with Gasteiger partial charge in [0.2, 0.25) is 0 Å². The molecule has 608 valence electrons. The number of nitrogens with zero attached hydrogens (tertiary/aromatic N) is 12. The highest BCUT2D eigenvalue weighted by molar-refractivity contribution is 6.09. The number of aryl methyl sites for hydroxylation is 4. The first-order valence-electron chi connectivity index (χ1n) is 40.5. The predicted molar refractivity (Wildman–Crippen MR) is 466 cm³/mol. The highest BCUT2D eigenvalue weighted by Gasteiger charge is 2.27. The van der Waals surface area contributed by atoms with Crippen LogP contribution in [0.3, 0.4) is 0 Å². The van der Waals surface area contributed by atoms with Crippen LogP contribution in [0.25, 0.3) is 133 Å². The quantitative estimate of drug-likeness (QED) is 0.0620. The van der Waals surface area contributed by atoms with Gasteiger partial charge < -0.3 is 76.2 Å². The van der Waals surface area contributed by atoms with E-state index in [0.29, 0.717) is 103 Å². The van der Waals surface area contributed by atoms with Gasteiger partial charge in [0.15, 0.2) is 0 Å². The van der Waals surface area contributed by atoms with Crippen molar-refractivity contribution in [2.24, 2.45) is 28.2 Å². The molecule has 4 N–H and O–H groups in total. The molecule has 12 heterocycles. The Morgan fingerprint density at radius 2 is 0.650 bits per heavy atom. The van der Waals surface area contributed by atoms with Crippen molar-refractivity contribution in [3.63, 3.8) is 0 Å². The molecule has 0 spiro atoms. The molecule has 28 heteroatoms. The zero-order valence-electron chi connectivity index (χ0n) is 69.9. The van der Waals surface area contributed by atoms with Crippen molar-refractivity contribution in [1.82, 2.24) is 79.4 Å². The second-order valence-electron chi connectivity index (χ2n) is 29.1. The van der Waals surface area contributed by atoms with Gasteiger partial charge >= 0.3 is 0 Å². The number of furan rings is 4. The molecule has 12 aromatic heterocycles. The van der Waals surface area contributed by atoms with E-state index in [1.165, 1.54) is 25.1 Å². The summed E-state index contributed by atoms with van der Waals surface area (Å²) in [7, 11) is 9.33. The van der Waals surface area contributed by atoms with Gasteiger partial charge in [0.05, 0.1) is 92.4 Å². The largest absolute Gasteiger partial charge is 0.463 e. The Balaban J connectivity index is 0.000000114. The molecular weight excluding hydrogens is 1560 g/mol. The Labute approximate surface area is 704 Å². The molecule has 0 unspecified atom stereocenters. The van der Waals surface area contributed by atoms with E-state index in [0.717, 1.165) is 118 Å². The first-order valence-corrected chi connectivity index (χ1v) is 39.0. The number of ether oxygens (including phenoxy) is 4. The van der Waals surface area contributed by atoms with Crippen LogP contribution in [0.5, 0.6) is 46.0 Å². The number of fused-ring (bicyclic) bond motifs is 8. The normalized spacial score (nSPS) is 12.2. The third-order valence-electron chi connectivity index (χ3n) is 20.5. The van der Waals surface area contributed by atoms with Crippen molar-refractivity contribution < 1.29 is 59.9 Å². The van der Waals surface area contributed by atoms with Crippen LogP contribution in [-0.2, 0) is 28.2 Å². The fraction of sp³-hybridized carbons (Fsp3) is 0.116. The fourth-order valence-corrected chi connectivity index (χ4v) is 14.2. The molecule has 1 aliphatic rings. The Hall–Kier alpha value is -16.5. The van der Waals surface area contributed by atoms with Crippen LogP contribution in [0, 0.1) is 0 Å². The number of nitrogens with one attached hydrogen (secondary N) is 4. The summed E-state index contributed by atoms with van der Waals surface area (Å²) >= 11 is 0. The molecule has 0 bridgehead atoms. The van der Waals surface area contributed by atoms with E-state index in [2.05, 4.69) is 55.8 Å². The molecule has 1 fully saturated rings. The number of imidazole rings is 4. The third-order valence-corrected chi connectivity index (χ3v) is 20.5. The third kappa shape index (κ3) is 16.5. The lowest BCUT2D eigenvalue weighted by molar-refractivity contribution is 0.0945. The van der Waals surface area contributed by atoms with E-state index < -0.39 is 12.9 Å². The zero-order chi connectivity index (χ0) is 86.9. The molecule has 4 amide bonds. The Morgan fingerprint density at radius 1 is 0.366 bits per heavy atom. The number of rotatable bonds is 18. The van der Waals surface area contributed by atoms with Gasteiger partial charge in [-0.15, -0.1) is 0 Å². The van der Waals surface area contributed by atoms with Gasteiger partial charge in [-0.1, -0.05) is 24.3 Å². The maximum absolute atomic E-state index is 12.4. The van der Waals surface area contributed by atoms with Gasteiger partial charge in [0.1, 0.15) is 93.4 Å². The second-order valence-corrected chi connectivity index (χ2v) is 29.1. The van der Waals surface area contributed by atoms with Gasteiger partial charge in [-0.25, -0.2) is 19.9 Å². The Morgan fingerprint density at radius 3 is 0.919 bits per heavy atom. The molecule has 8 aromatic carbocycles. The summed E-state index contributed by atoms with van der Waals surface area (Å²) in [6.07, 6.45) is 29.5. The van der Waals surface area contributed by atoms with E-state index in [1.54, 1.807) is 99.6 Å². The maximum Gasteiger partial charge on any atom is 0.255 e. The summed E-state index contributed by atoms with van der Waals surface area (Å²) in [4.78, 5) is 84.2. The molecule has 20 aromatic rings. The predicted octanol–water partition coefficient (Wildman–Crippen LogP) is 19.1. The molecular formula is C95H76N16O12. The lowest BCUT2D eigenvalue weighted by Gasteiger charge is -2.09. The molecule has 21 rings (SSSR count). The summed E-state index contributed by atoms with van der Waals surface area (Å²) in [5.41, 5.74) is 14.6. The van der Waals surface area contributed by atoms with Gasteiger partial charge in [-0.2, -0.15) is 0 Å². The van der Waals surface area contributed by atoms with Crippen LogP contribution in [0.1, 0.15) is 65.3 Å². The monoisotopic (exact) mass is 1640 g/mol. The number of amides is 4. The van der Waals surface area contributed by atoms with Crippen molar-refractivity contribution in [3.05, 3.63) is 292 Å². The Kier molecular flexibility index (Phi) is 20.2. The molecule has 0 radical (unpaired) electrons. The topological polar surface area (TPSA) is 329 Å². The van der Waals surface area contributed by atoms with Gasteiger partial charge in [-0.3, -0.25) is 39.1 Å². The lowest BCUT2D eigenvalue weighted by atomic mass is 10.1. The van der Waals surface area contributed by atoms with Gasteiger partial charge in [0, 0.05) is 198 Å². The zero-order valence-corrected chi connectivity index (χ0v) is 66.9. The van der Waals surface area contributed by atoms with Crippen LogP contribution in [-0.4, -0.2) is 108 Å². The van der Waals surface area contributed by atoms with E-state index in [4.69, 9.17) is 40.7 Å². The number of carbonyl (C=O) groups is 4. The smallest absolute Gasteiger partial charge is 0.255 e. The van der Waals surface area contributed by atoms with Crippen LogP contribution in [0.2, 0.25) is 0 Å². The van der Waals surface area contributed by atoms with Crippen LogP contribution in [0.15, 0.2) is 287 Å². The van der Waals surface area contributed by atoms with Gasteiger partial charge in [0.25, 0.3) is 23.6 Å². The minimum atomic E-state index is -2.58. The van der Waals surface area contributed by atoms with Crippen molar-refractivity contribution in [2.75, 3.05) is 20.6 Å². The number of aromatic nitrogens is 12. The molecule has 0 atom stereocenters. The highest BCUT2D eigenvalue weighted by atomic mass is 16.5. The summed E-state index contributed by atoms with van der Waals surface area (Å²) in [6, 6.07) is 52.8. The van der Waals surface area contributed by atoms with E-state index in [9.17, 15) is 19.2 Å². The molecule has 0 saturated heterocycles. The van der Waals surface area contributed by atoms with Crippen molar-refractivity contribution in [1.29, 1.82) is 0 Å². The van der Waals surface area contributed by atoms with Crippen LogP contribution >= 0.6 is 0 Å². The van der Waals surface area contributed by atoms with E-state index in [1.807, 2.05) is 211 Å². The average Bonchev–Trinajstić information content (AvgIpc) is 1.68. The van der Waals surface area contributed by atoms with Crippen molar-refractivity contribution in [3.8, 4) is 91.0 Å². The molecule has 1 saturated carbocycles. The minimum Gasteiger partial charge on any atom is -0.463 e. The number of carbonyl (C=O) groups excluding carboxylic acids is 4. The van der Waals surface area contributed by atoms with Gasteiger partial charge in [-0.05, 0) is 141 Å². The maximum atomic E-state index is 12.4. The standard InChI is InChI=1S/C25H20N4O3.C24H20N4O3.2C23H18N4O3/c1-29-12-22(27-14-29)15-2-6-19-21(10-15)26-9-8-23(19)32-17-5-7-18-20(13-31-24(18)11-17)25(30)28-16-3-4-16;1-3-25-24(29)19-13-30-23-11-16(5-7-17(19)23)31-22-8-9-26-20-10-15(4-6-18(20)22)21-12-28(2)14-27-21;2*1-24-23(28)18-12-29-22-10-15(4-6-16(18)22)30-21-7-8-25-19-9-14(3-5-17(19)21)20-11-27(2)13-26-20/h2,5-14,16H,3-4H2,1H3,(H,28,30);4-14H,3H2,1-2H3,(H,25,29);2*3-13H,1-2H3,(H,24,28)/i;;1D3;. The van der Waals surface area contributed by atoms with Crippen molar-refractivity contribution in [2.45, 2.75) is 25.8 Å². The number of hydrogen-bond donors (Lipinski definition) is 4. The number of hydrogen-bond acceptors (Lipinski definition) is 20. The highest BCUT2D eigenvalue weighted by Crippen LogP contribution is 2.40. The van der Waals surface area contributed by atoms with Crippen LogP contribution < -0.4 is 40.2 Å². The molecule has 123 heavy (non-hydrogen) atoms. The second kappa shape index (κ2) is 33.5. The summed E-state index contributed by atoms with van der Waals surface area (Å²) in [6.45, 7) is -0.142. The number of pyridine rings is 4. The number of benzene rings is 8. The first kappa shape index (κ1) is 74.1. The van der Waals surface area contributed by atoms with Crippen LogP contribution in [0.4, 0.5) is 0 Å². The summed E-state index contributed by atoms with van der Waals surface area (Å²) < 4.78 is 76.0. The van der Waals surface area contributed by atoms with E-state index >= 15 is 0 Å². The fourth-order valence-electron chi connectivity index (χ4n) is 14.2. The molecule has 1 aliphatic carbocycles. The molecule has 0 aliphatic heterocycles.